The summed E-state index contributed by atoms with van der Waals surface area (Å²) in [7, 11) is 0. The highest BCUT2D eigenvalue weighted by molar-refractivity contribution is 9.10. The van der Waals surface area contributed by atoms with Gasteiger partial charge in [0.15, 0.2) is 5.65 Å². The minimum Gasteiger partial charge on any atom is -0.233 e. The van der Waals surface area contributed by atoms with E-state index in [0.29, 0.717) is 5.92 Å². The molecule has 0 N–H and O–H groups in total. The molecule has 0 aromatic carbocycles. The summed E-state index contributed by atoms with van der Waals surface area (Å²) >= 11 is 3.60. The smallest absolute Gasteiger partial charge is 0.170 e. The van der Waals surface area contributed by atoms with Gasteiger partial charge in [0.1, 0.15) is 0 Å². The van der Waals surface area contributed by atoms with E-state index in [1.165, 1.54) is 37.8 Å². The Hall–Kier alpha value is -0.900. The fraction of sp³-hybridized carbons (Fsp3) is 0.571. The number of aryl methyl sites for hydroxylation is 2. The zero-order valence-corrected chi connectivity index (χ0v) is 12.5. The third-order valence-electron chi connectivity index (χ3n) is 3.87. The molecule has 1 aliphatic rings. The Balaban J connectivity index is 2.17. The highest BCUT2D eigenvalue weighted by Gasteiger charge is 2.21. The molecule has 1 fully saturated rings. The Morgan fingerprint density at radius 3 is 2.67 bits per heavy atom. The van der Waals surface area contributed by atoms with Gasteiger partial charge in [-0.25, -0.2) is 9.50 Å². The van der Waals surface area contributed by atoms with E-state index in [0.717, 1.165) is 21.5 Å². The number of rotatable bonds is 1. The van der Waals surface area contributed by atoms with Gasteiger partial charge >= 0.3 is 0 Å². The maximum Gasteiger partial charge on any atom is 0.170 e. The first-order valence-corrected chi connectivity index (χ1v) is 7.48. The van der Waals surface area contributed by atoms with Crippen molar-refractivity contribution in [3.8, 4) is 0 Å². The van der Waals surface area contributed by atoms with E-state index in [4.69, 9.17) is 0 Å². The number of hydrogen-bond acceptors (Lipinski definition) is 2. The molecule has 0 aliphatic heterocycles. The largest absolute Gasteiger partial charge is 0.233 e. The zero-order valence-electron chi connectivity index (χ0n) is 10.9. The predicted molar refractivity (Wildman–Crippen MR) is 76.0 cm³/mol. The van der Waals surface area contributed by atoms with Gasteiger partial charge in [-0.3, -0.25) is 0 Å². The molecule has 2 heterocycles. The molecule has 0 unspecified atom stereocenters. The van der Waals surface area contributed by atoms with Crippen LogP contribution in [-0.2, 0) is 0 Å². The first-order chi connectivity index (χ1) is 8.66. The Morgan fingerprint density at radius 2 is 1.94 bits per heavy atom. The molecule has 4 heteroatoms. The van der Waals surface area contributed by atoms with Gasteiger partial charge in [0, 0.05) is 17.3 Å². The van der Waals surface area contributed by atoms with Gasteiger partial charge in [-0.1, -0.05) is 19.3 Å². The molecule has 0 radical (unpaired) electrons. The van der Waals surface area contributed by atoms with Crippen LogP contribution in [0.1, 0.15) is 55.1 Å². The van der Waals surface area contributed by atoms with Crippen molar-refractivity contribution in [3.05, 3.63) is 27.6 Å². The fourth-order valence-corrected chi connectivity index (χ4v) is 3.27. The van der Waals surface area contributed by atoms with Crippen molar-refractivity contribution < 1.29 is 0 Å². The number of fused-ring (bicyclic) bond motifs is 1. The monoisotopic (exact) mass is 307 g/mol. The van der Waals surface area contributed by atoms with Crippen LogP contribution in [0, 0.1) is 13.8 Å². The van der Waals surface area contributed by atoms with Crippen molar-refractivity contribution in [2.45, 2.75) is 51.9 Å². The third-order valence-corrected chi connectivity index (χ3v) is 4.80. The Morgan fingerprint density at radius 1 is 1.22 bits per heavy atom. The van der Waals surface area contributed by atoms with E-state index in [9.17, 15) is 0 Å². The molecular weight excluding hydrogens is 290 g/mol. The van der Waals surface area contributed by atoms with Crippen molar-refractivity contribution in [2.24, 2.45) is 0 Å². The summed E-state index contributed by atoms with van der Waals surface area (Å²) < 4.78 is 3.07. The summed E-state index contributed by atoms with van der Waals surface area (Å²) in [5.74, 6) is 0.647. The molecule has 0 amide bonds. The van der Waals surface area contributed by atoms with E-state index < -0.39 is 0 Å². The van der Waals surface area contributed by atoms with Crippen molar-refractivity contribution in [1.82, 2.24) is 14.6 Å². The van der Waals surface area contributed by atoms with Crippen LogP contribution in [0.3, 0.4) is 0 Å². The lowest BCUT2D eigenvalue weighted by atomic mass is 9.86. The Labute approximate surface area is 116 Å². The lowest BCUT2D eigenvalue weighted by Crippen LogP contribution is -2.11. The van der Waals surface area contributed by atoms with E-state index in [1.54, 1.807) is 0 Å². The SMILES string of the molecule is Cc1cc(C2CCCCC2)n2nc(C)c(Br)c2n1. The fourth-order valence-electron chi connectivity index (χ4n) is 2.94. The standard InChI is InChI=1S/C14H18BrN3/c1-9-8-12(11-6-4-3-5-7-11)18-14(16-9)13(15)10(2)17-18/h8,11H,3-7H2,1-2H3. The van der Waals surface area contributed by atoms with Crippen molar-refractivity contribution in [3.63, 3.8) is 0 Å². The molecule has 0 bridgehead atoms. The van der Waals surface area contributed by atoms with Gasteiger partial charge in [-0.05, 0) is 48.7 Å². The second kappa shape index (κ2) is 4.65. The van der Waals surface area contributed by atoms with E-state index >= 15 is 0 Å². The Bertz CT molecular complexity index is 582. The molecule has 0 spiro atoms. The summed E-state index contributed by atoms with van der Waals surface area (Å²) in [6.45, 7) is 4.10. The summed E-state index contributed by atoms with van der Waals surface area (Å²) in [4.78, 5) is 4.61. The predicted octanol–water partition coefficient (Wildman–Crippen LogP) is 4.16. The molecular formula is C14H18BrN3. The molecule has 0 saturated heterocycles. The molecule has 2 aromatic heterocycles. The van der Waals surface area contributed by atoms with Crippen LogP contribution in [0.25, 0.3) is 5.65 Å². The van der Waals surface area contributed by atoms with Gasteiger partial charge in [-0.15, -0.1) is 0 Å². The van der Waals surface area contributed by atoms with E-state index in [-0.39, 0.29) is 0 Å². The molecule has 1 aliphatic carbocycles. The summed E-state index contributed by atoms with van der Waals surface area (Å²) in [5.41, 5.74) is 4.41. The maximum absolute atomic E-state index is 4.64. The van der Waals surface area contributed by atoms with Crippen molar-refractivity contribution in [2.75, 3.05) is 0 Å². The van der Waals surface area contributed by atoms with Crippen molar-refractivity contribution >= 4 is 21.6 Å². The highest BCUT2D eigenvalue weighted by atomic mass is 79.9. The summed E-state index contributed by atoms with van der Waals surface area (Å²) in [6, 6.07) is 2.21. The Kier molecular flexibility index (Phi) is 3.14. The van der Waals surface area contributed by atoms with Crippen LogP contribution in [0.4, 0.5) is 0 Å². The highest BCUT2D eigenvalue weighted by Crippen LogP contribution is 2.34. The average Bonchev–Trinajstić information content (AvgIpc) is 2.66. The molecule has 2 aromatic rings. The lowest BCUT2D eigenvalue weighted by molar-refractivity contribution is 0.430. The topological polar surface area (TPSA) is 30.2 Å². The van der Waals surface area contributed by atoms with Crippen LogP contribution < -0.4 is 0 Å². The minimum absolute atomic E-state index is 0.647. The van der Waals surface area contributed by atoms with Crippen LogP contribution in [-0.4, -0.2) is 14.6 Å². The van der Waals surface area contributed by atoms with Gasteiger partial charge in [0.25, 0.3) is 0 Å². The molecule has 3 nitrogen and oxygen atoms in total. The average molecular weight is 308 g/mol. The van der Waals surface area contributed by atoms with Crippen LogP contribution >= 0.6 is 15.9 Å². The van der Waals surface area contributed by atoms with Gasteiger partial charge in [0.05, 0.1) is 10.2 Å². The second-order valence-electron chi connectivity index (χ2n) is 5.29. The molecule has 18 heavy (non-hydrogen) atoms. The minimum atomic E-state index is 0.647. The van der Waals surface area contributed by atoms with E-state index in [2.05, 4.69) is 39.0 Å². The van der Waals surface area contributed by atoms with Crippen molar-refractivity contribution in [1.29, 1.82) is 0 Å². The lowest BCUT2D eigenvalue weighted by Gasteiger charge is -2.22. The van der Waals surface area contributed by atoms with Crippen LogP contribution in [0.2, 0.25) is 0 Å². The molecule has 1 saturated carbocycles. The second-order valence-corrected chi connectivity index (χ2v) is 6.09. The number of halogens is 1. The maximum atomic E-state index is 4.64. The number of nitrogens with zero attached hydrogens (tertiary/aromatic N) is 3. The molecule has 0 atom stereocenters. The van der Waals surface area contributed by atoms with E-state index in [1.807, 2.05) is 11.4 Å². The van der Waals surface area contributed by atoms with Gasteiger partial charge in [-0.2, -0.15) is 5.10 Å². The van der Waals surface area contributed by atoms with Gasteiger partial charge in [0.2, 0.25) is 0 Å². The zero-order chi connectivity index (χ0) is 12.7. The normalized spacial score (nSPS) is 17.5. The number of aromatic nitrogens is 3. The first kappa shape index (κ1) is 12.2. The third kappa shape index (κ3) is 1.96. The molecule has 3 rings (SSSR count). The number of hydrogen-bond donors (Lipinski definition) is 0. The van der Waals surface area contributed by atoms with Crippen LogP contribution in [0.5, 0.6) is 0 Å². The first-order valence-electron chi connectivity index (χ1n) is 6.69. The van der Waals surface area contributed by atoms with Crippen LogP contribution in [0.15, 0.2) is 10.5 Å². The molecule has 96 valence electrons. The summed E-state index contributed by atoms with van der Waals surface area (Å²) in [6.07, 6.45) is 6.64. The summed E-state index contributed by atoms with van der Waals surface area (Å²) in [5, 5.41) is 4.64. The quantitative estimate of drug-likeness (QED) is 0.792. The van der Waals surface area contributed by atoms with Gasteiger partial charge < -0.3 is 0 Å².